The molecule has 1 N–H and O–H groups in total. The number of nitrogens with zero attached hydrogens (tertiary/aromatic N) is 2. The van der Waals surface area contributed by atoms with Crippen LogP contribution in [0.5, 0.6) is 0 Å². The van der Waals surface area contributed by atoms with Gasteiger partial charge in [-0.25, -0.2) is 0 Å². The maximum Gasteiger partial charge on any atom is 0.0594 e. The maximum absolute atomic E-state index is 5.61. The van der Waals surface area contributed by atoms with Gasteiger partial charge in [0.15, 0.2) is 0 Å². The van der Waals surface area contributed by atoms with Crippen molar-refractivity contribution < 1.29 is 4.74 Å². The lowest BCUT2D eigenvalue weighted by atomic mass is 10.1. The van der Waals surface area contributed by atoms with E-state index < -0.39 is 0 Å². The van der Waals surface area contributed by atoms with E-state index >= 15 is 0 Å². The van der Waals surface area contributed by atoms with Crippen LogP contribution in [0.2, 0.25) is 0 Å². The van der Waals surface area contributed by atoms with Crippen LogP contribution < -0.4 is 5.32 Å². The van der Waals surface area contributed by atoms with Gasteiger partial charge in [0.05, 0.1) is 13.2 Å². The van der Waals surface area contributed by atoms with Crippen molar-refractivity contribution in [3.63, 3.8) is 0 Å². The second-order valence-electron chi connectivity index (χ2n) is 4.78. The predicted molar refractivity (Wildman–Crippen MR) is 67.9 cm³/mol. The molecule has 0 amide bonds. The molecule has 1 atom stereocenters. The third-order valence-electron chi connectivity index (χ3n) is 3.07. The highest BCUT2D eigenvalue weighted by molar-refractivity contribution is 4.76. The molecule has 0 saturated carbocycles. The highest BCUT2D eigenvalue weighted by Gasteiger charge is 2.16. The molecule has 1 aliphatic heterocycles. The maximum atomic E-state index is 5.61. The fourth-order valence-electron chi connectivity index (χ4n) is 1.91. The third-order valence-corrected chi connectivity index (χ3v) is 3.07. The Hall–Kier alpha value is -0.160. The van der Waals surface area contributed by atoms with Crippen LogP contribution in [0.15, 0.2) is 0 Å². The van der Waals surface area contributed by atoms with Gasteiger partial charge in [-0.1, -0.05) is 6.92 Å². The summed E-state index contributed by atoms with van der Waals surface area (Å²) in [6.07, 6.45) is 1.22. The van der Waals surface area contributed by atoms with E-state index in [1.165, 1.54) is 13.0 Å². The van der Waals surface area contributed by atoms with E-state index in [-0.39, 0.29) is 0 Å². The van der Waals surface area contributed by atoms with Crippen LogP contribution in [0.25, 0.3) is 0 Å². The SMILES string of the molecule is CCC1CN(CCOCCN(C)C)CCN1. The Labute approximate surface area is 99.9 Å². The number of rotatable bonds is 7. The number of piperazine rings is 1. The minimum absolute atomic E-state index is 0.676. The van der Waals surface area contributed by atoms with E-state index in [2.05, 4.69) is 36.1 Å². The second kappa shape index (κ2) is 8.01. The Morgan fingerprint density at radius 3 is 2.88 bits per heavy atom. The zero-order valence-electron chi connectivity index (χ0n) is 11.0. The monoisotopic (exact) mass is 229 g/mol. The molecule has 96 valence electrons. The summed E-state index contributed by atoms with van der Waals surface area (Å²) in [5.74, 6) is 0. The molecule has 0 spiro atoms. The molecule has 0 radical (unpaired) electrons. The summed E-state index contributed by atoms with van der Waals surface area (Å²) in [6.45, 7) is 9.50. The van der Waals surface area contributed by atoms with Crippen molar-refractivity contribution in [1.82, 2.24) is 15.1 Å². The van der Waals surface area contributed by atoms with E-state index in [1.807, 2.05) is 0 Å². The first-order valence-corrected chi connectivity index (χ1v) is 6.40. The number of ether oxygens (including phenoxy) is 1. The average Bonchev–Trinajstić information content (AvgIpc) is 2.28. The topological polar surface area (TPSA) is 27.7 Å². The van der Waals surface area contributed by atoms with Crippen LogP contribution in [-0.4, -0.2) is 75.9 Å². The molecule has 1 unspecified atom stereocenters. The van der Waals surface area contributed by atoms with Crippen molar-refractivity contribution in [2.45, 2.75) is 19.4 Å². The van der Waals surface area contributed by atoms with E-state index in [0.29, 0.717) is 6.04 Å². The first-order chi connectivity index (χ1) is 7.72. The van der Waals surface area contributed by atoms with Crippen LogP contribution in [-0.2, 0) is 4.74 Å². The molecular weight excluding hydrogens is 202 g/mol. The van der Waals surface area contributed by atoms with Crippen molar-refractivity contribution in [1.29, 1.82) is 0 Å². The summed E-state index contributed by atoms with van der Waals surface area (Å²) in [4.78, 5) is 4.65. The molecule has 0 aliphatic carbocycles. The van der Waals surface area contributed by atoms with E-state index in [0.717, 1.165) is 39.4 Å². The van der Waals surface area contributed by atoms with Gasteiger partial charge in [-0.3, -0.25) is 4.90 Å². The van der Waals surface area contributed by atoms with Crippen molar-refractivity contribution in [2.75, 3.05) is 60.0 Å². The van der Waals surface area contributed by atoms with E-state index in [9.17, 15) is 0 Å². The summed E-state index contributed by atoms with van der Waals surface area (Å²) < 4.78 is 5.61. The van der Waals surface area contributed by atoms with Gasteiger partial charge in [-0.15, -0.1) is 0 Å². The molecule has 1 heterocycles. The molecule has 1 saturated heterocycles. The molecule has 4 heteroatoms. The van der Waals surface area contributed by atoms with E-state index in [1.54, 1.807) is 0 Å². The summed E-state index contributed by atoms with van der Waals surface area (Å²) in [5, 5.41) is 3.53. The smallest absolute Gasteiger partial charge is 0.0594 e. The Morgan fingerprint density at radius 1 is 1.38 bits per heavy atom. The summed E-state index contributed by atoms with van der Waals surface area (Å²) in [6, 6.07) is 0.676. The van der Waals surface area contributed by atoms with Crippen LogP contribution in [0, 0.1) is 0 Å². The fourth-order valence-corrected chi connectivity index (χ4v) is 1.91. The molecule has 0 aromatic heterocycles. The molecule has 0 aromatic carbocycles. The number of nitrogens with one attached hydrogen (secondary N) is 1. The number of hydrogen-bond acceptors (Lipinski definition) is 4. The predicted octanol–water partition coefficient (Wildman–Crippen LogP) is 0.248. The molecule has 0 aromatic rings. The normalized spacial score (nSPS) is 22.9. The van der Waals surface area contributed by atoms with Gasteiger partial charge in [0.1, 0.15) is 0 Å². The second-order valence-corrected chi connectivity index (χ2v) is 4.78. The minimum Gasteiger partial charge on any atom is -0.379 e. The summed E-state index contributed by atoms with van der Waals surface area (Å²) in [5.41, 5.74) is 0. The standard InChI is InChI=1S/C12H27N3O/c1-4-12-11-15(6-5-13-12)8-10-16-9-7-14(2)3/h12-13H,4-11H2,1-3H3. The van der Waals surface area contributed by atoms with Crippen molar-refractivity contribution in [3.8, 4) is 0 Å². The molecule has 0 bridgehead atoms. The lowest BCUT2D eigenvalue weighted by Gasteiger charge is -2.33. The summed E-state index contributed by atoms with van der Waals surface area (Å²) >= 11 is 0. The van der Waals surface area contributed by atoms with Crippen LogP contribution >= 0.6 is 0 Å². The Bertz CT molecular complexity index is 176. The van der Waals surface area contributed by atoms with Crippen LogP contribution in [0.1, 0.15) is 13.3 Å². The van der Waals surface area contributed by atoms with Gasteiger partial charge < -0.3 is 15.0 Å². The molecule has 16 heavy (non-hydrogen) atoms. The molecule has 1 rings (SSSR count). The molecule has 4 nitrogen and oxygen atoms in total. The Kier molecular flexibility index (Phi) is 6.96. The Morgan fingerprint density at radius 2 is 2.19 bits per heavy atom. The number of likely N-dealkylation sites (N-methyl/N-ethyl adjacent to an activating group) is 1. The van der Waals surface area contributed by atoms with Gasteiger partial charge in [0, 0.05) is 38.8 Å². The fraction of sp³-hybridized carbons (Fsp3) is 1.00. The van der Waals surface area contributed by atoms with Crippen LogP contribution in [0.3, 0.4) is 0 Å². The van der Waals surface area contributed by atoms with Gasteiger partial charge in [0.2, 0.25) is 0 Å². The summed E-state index contributed by atoms with van der Waals surface area (Å²) in [7, 11) is 4.15. The lowest BCUT2D eigenvalue weighted by Crippen LogP contribution is -2.51. The first kappa shape index (κ1) is 13.9. The quantitative estimate of drug-likeness (QED) is 0.633. The van der Waals surface area contributed by atoms with Gasteiger partial charge in [-0.05, 0) is 20.5 Å². The average molecular weight is 229 g/mol. The first-order valence-electron chi connectivity index (χ1n) is 6.40. The highest BCUT2D eigenvalue weighted by Crippen LogP contribution is 2.01. The zero-order valence-corrected chi connectivity index (χ0v) is 11.0. The van der Waals surface area contributed by atoms with Crippen LogP contribution in [0.4, 0.5) is 0 Å². The minimum atomic E-state index is 0.676. The van der Waals surface area contributed by atoms with E-state index in [4.69, 9.17) is 4.74 Å². The number of hydrogen-bond donors (Lipinski definition) is 1. The van der Waals surface area contributed by atoms with Gasteiger partial charge in [-0.2, -0.15) is 0 Å². The zero-order chi connectivity index (χ0) is 11.8. The largest absolute Gasteiger partial charge is 0.379 e. The van der Waals surface area contributed by atoms with Crippen molar-refractivity contribution in [2.24, 2.45) is 0 Å². The molecule has 1 fully saturated rings. The van der Waals surface area contributed by atoms with Gasteiger partial charge >= 0.3 is 0 Å². The lowest BCUT2D eigenvalue weighted by molar-refractivity contribution is 0.0823. The van der Waals surface area contributed by atoms with Crippen molar-refractivity contribution >= 4 is 0 Å². The third kappa shape index (κ3) is 5.80. The molecule has 1 aliphatic rings. The van der Waals surface area contributed by atoms with Gasteiger partial charge in [0.25, 0.3) is 0 Å². The Balaban J connectivity index is 1.99. The van der Waals surface area contributed by atoms with Crippen molar-refractivity contribution in [3.05, 3.63) is 0 Å². The molecular formula is C12H27N3O. The highest BCUT2D eigenvalue weighted by atomic mass is 16.5.